The summed E-state index contributed by atoms with van der Waals surface area (Å²) in [5, 5.41) is 16.1. The number of para-hydroxylation sites is 1. The van der Waals surface area contributed by atoms with Crippen molar-refractivity contribution < 1.29 is 4.79 Å². The molecule has 0 radical (unpaired) electrons. The van der Waals surface area contributed by atoms with Crippen LogP contribution in [0.5, 0.6) is 0 Å². The number of carbonyl (C=O) groups is 1. The molecule has 1 aliphatic rings. The van der Waals surface area contributed by atoms with Gasteiger partial charge in [0.05, 0.1) is 34.1 Å². The molecule has 0 unspecified atom stereocenters. The molecule has 0 atom stereocenters. The highest BCUT2D eigenvalue weighted by Crippen LogP contribution is 2.39. The average molecular weight is 476 g/mol. The van der Waals surface area contributed by atoms with E-state index in [-0.39, 0.29) is 5.91 Å². The van der Waals surface area contributed by atoms with Crippen LogP contribution in [0.15, 0.2) is 71.8 Å². The molecule has 0 saturated heterocycles. The number of nitrogens with one attached hydrogen (secondary N) is 1. The van der Waals surface area contributed by atoms with Gasteiger partial charge >= 0.3 is 0 Å². The molecular weight excluding hydrogens is 446 g/mol. The molecule has 6 nitrogen and oxygen atoms in total. The summed E-state index contributed by atoms with van der Waals surface area (Å²) in [6.45, 7) is 6.29. The molecule has 180 valence electrons. The third-order valence-corrected chi connectivity index (χ3v) is 6.71. The largest absolute Gasteiger partial charge is 0.342 e. The van der Waals surface area contributed by atoms with E-state index < -0.39 is 5.41 Å². The topological polar surface area (TPSA) is 85.1 Å². The summed E-state index contributed by atoms with van der Waals surface area (Å²) in [5.41, 5.74) is 6.09. The molecule has 0 aliphatic carbocycles. The number of aryl methyl sites for hydroxylation is 1. The van der Waals surface area contributed by atoms with Crippen LogP contribution in [0.1, 0.15) is 57.0 Å². The molecule has 1 aliphatic heterocycles. The standard InChI is InChI=1S/C30H29N5O/c1-4-5-14-27-32-24-16-15-20(17-25(24)33-27)29-30(2,3)18-28(36)35(34-29)26-13-9-8-12-23(26)22-11-7-6-10-21(22)19-31/h6-13,15-17H,4-5,14,18H2,1-3H3,(H,32,33). The van der Waals surface area contributed by atoms with Crippen LogP contribution in [-0.2, 0) is 11.2 Å². The van der Waals surface area contributed by atoms with E-state index in [2.05, 4.69) is 37.9 Å². The van der Waals surface area contributed by atoms with E-state index in [0.717, 1.165) is 58.5 Å². The SMILES string of the molecule is CCCCc1nc2ccc(C3=NN(c4ccccc4-c4ccccc4C#N)C(=O)CC3(C)C)cc2[nH]1. The molecule has 4 aromatic rings. The van der Waals surface area contributed by atoms with Gasteiger partial charge in [-0.25, -0.2) is 4.98 Å². The van der Waals surface area contributed by atoms with Gasteiger partial charge in [-0.2, -0.15) is 15.4 Å². The van der Waals surface area contributed by atoms with Gasteiger partial charge in [-0.3, -0.25) is 4.79 Å². The van der Waals surface area contributed by atoms with Gasteiger partial charge in [-0.05, 0) is 30.7 Å². The van der Waals surface area contributed by atoms with Crippen molar-refractivity contribution in [3.8, 4) is 17.2 Å². The van der Waals surface area contributed by atoms with Crippen molar-refractivity contribution in [2.24, 2.45) is 10.5 Å². The van der Waals surface area contributed by atoms with Crippen LogP contribution in [0.3, 0.4) is 0 Å². The molecule has 2 heterocycles. The Morgan fingerprint density at radius 3 is 2.58 bits per heavy atom. The summed E-state index contributed by atoms with van der Waals surface area (Å²) in [6.07, 6.45) is 3.47. The highest BCUT2D eigenvalue weighted by atomic mass is 16.2. The first-order valence-corrected chi connectivity index (χ1v) is 12.4. The lowest BCUT2D eigenvalue weighted by molar-refractivity contribution is -0.120. The summed E-state index contributed by atoms with van der Waals surface area (Å²) < 4.78 is 0. The smallest absolute Gasteiger partial charge is 0.248 e. The average Bonchev–Trinajstić information content (AvgIpc) is 3.29. The molecule has 0 spiro atoms. The van der Waals surface area contributed by atoms with Crippen molar-refractivity contribution in [1.29, 1.82) is 5.26 Å². The predicted molar refractivity (Wildman–Crippen MR) is 144 cm³/mol. The van der Waals surface area contributed by atoms with E-state index in [1.165, 1.54) is 5.01 Å². The van der Waals surface area contributed by atoms with Crippen LogP contribution < -0.4 is 5.01 Å². The number of unbranched alkanes of at least 4 members (excludes halogenated alkanes) is 1. The Hall–Kier alpha value is -4.24. The Morgan fingerprint density at radius 2 is 1.81 bits per heavy atom. The lowest BCUT2D eigenvalue weighted by Crippen LogP contribution is -2.42. The Balaban J connectivity index is 1.61. The highest BCUT2D eigenvalue weighted by molar-refractivity contribution is 6.13. The van der Waals surface area contributed by atoms with Gasteiger partial charge in [0.2, 0.25) is 5.91 Å². The number of anilines is 1. The highest BCUT2D eigenvalue weighted by Gasteiger charge is 2.38. The zero-order valence-electron chi connectivity index (χ0n) is 20.9. The number of hydrazone groups is 1. The number of benzene rings is 3. The summed E-state index contributed by atoms with van der Waals surface area (Å²) in [5.74, 6) is 0.922. The van der Waals surface area contributed by atoms with Gasteiger partial charge in [0, 0.05) is 34.9 Å². The maximum Gasteiger partial charge on any atom is 0.248 e. The van der Waals surface area contributed by atoms with Gasteiger partial charge in [0.1, 0.15) is 5.82 Å². The second-order valence-corrected chi connectivity index (χ2v) is 9.91. The summed E-state index contributed by atoms with van der Waals surface area (Å²) in [7, 11) is 0. The first-order valence-electron chi connectivity index (χ1n) is 12.4. The van der Waals surface area contributed by atoms with Crippen molar-refractivity contribution in [3.05, 3.63) is 83.7 Å². The fourth-order valence-corrected chi connectivity index (χ4v) is 4.84. The molecule has 3 aromatic carbocycles. The summed E-state index contributed by atoms with van der Waals surface area (Å²) in [4.78, 5) is 21.6. The van der Waals surface area contributed by atoms with Gasteiger partial charge in [-0.1, -0.05) is 69.7 Å². The zero-order valence-corrected chi connectivity index (χ0v) is 20.9. The monoisotopic (exact) mass is 475 g/mol. The molecular formula is C30H29N5O. The normalized spacial score (nSPS) is 15.1. The number of nitriles is 1. The minimum absolute atomic E-state index is 0.0740. The third kappa shape index (κ3) is 4.29. The maximum absolute atomic E-state index is 13.4. The predicted octanol–water partition coefficient (Wildman–Crippen LogP) is 6.61. The van der Waals surface area contributed by atoms with Crippen molar-refractivity contribution in [3.63, 3.8) is 0 Å². The van der Waals surface area contributed by atoms with Crippen molar-refractivity contribution in [2.75, 3.05) is 5.01 Å². The van der Waals surface area contributed by atoms with Gasteiger partial charge in [0.25, 0.3) is 0 Å². The Kier molecular flexibility index (Phi) is 6.15. The Bertz CT molecular complexity index is 1520. The van der Waals surface area contributed by atoms with Crippen LogP contribution >= 0.6 is 0 Å². The van der Waals surface area contributed by atoms with E-state index >= 15 is 0 Å². The van der Waals surface area contributed by atoms with E-state index in [9.17, 15) is 10.1 Å². The van der Waals surface area contributed by atoms with Crippen LogP contribution in [0.25, 0.3) is 22.2 Å². The number of carbonyl (C=O) groups excluding carboxylic acids is 1. The second-order valence-electron chi connectivity index (χ2n) is 9.91. The minimum Gasteiger partial charge on any atom is -0.342 e. The Labute approximate surface area is 211 Å². The molecule has 5 rings (SSSR count). The van der Waals surface area contributed by atoms with Gasteiger partial charge < -0.3 is 4.98 Å². The number of hydrogen-bond donors (Lipinski definition) is 1. The number of fused-ring (bicyclic) bond motifs is 1. The van der Waals surface area contributed by atoms with Gasteiger partial charge in [-0.15, -0.1) is 0 Å². The Morgan fingerprint density at radius 1 is 1.06 bits per heavy atom. The van der Waals surface area contributed by atoms with E-state index in [1.54, 1.807) is 6.07 Å². The number of H-pyrrole nitrogens is 1. The number of hydrogen-bond acceptors (Lipinski definition) is 4. The number of nitrogens with zero attached hydrogens (tertiary/aromatic N) is 4. The molecule has 0 bridgehead atoms. The molecule has 0 fully saturated rings. The van der Waals surface area contributed by atoms with E-state index in [0.29, 0.717) is 17.7 Å². The van der Waals surface area contributed by atoms with Crippen molar-refractivity contribution >= 4 is 28.3 Å². The van der Waals surface area contributed by atoms with Gasteiger partial charge in [0.15, 0.2) is 0 Å². The van der Waals surface area contributed by atoms with Crippen molar-refractivity contribution in [1.82, 2.24) is 9.97 Å². The molecule has 1 N–H and O–H groups in total. The van der Waals surface area contributed by atoms with E-state index in [4.69, 9.17) is 10.1 Å². The lowest BCUT2D eigenvalue weighted by Gasteiger charge is -2.35. The molecule has 36 heavy (non-hydrogen) atoms. The summed E-state index contributed by atoms with van der Waals surface area (Å²) in [6, 6.07) is 23.5. The zero-order chi connectivity index (χ0) is 25.3. The van der Waals surface area contributed by atoms with E-state index in [1.807, 2.05) is 54.6 Å². The molecule has 1 aromatic heterocycles. The number of imidazole rings is 1. The first-order chi connectivity index (χ1) is 17.4. The molecule has 0 saturated carbocycles. The third-order valence-electron chi connectivity index (χ3n) is 6.71. The molecule has 6 heteroatoms. The van der Waals surface area contributed by atoms with Crippen molar-refractivity contribution in [2.45, 2.75) is 46.5 Å². The summed E-state index contributed by atoms with van der Waals surface area (Å²) >= 11 is 0. The second kappa shape index (κ2) is 9.43. The number of amides is 1. The minimum atomic E-state index is -0.439. The quantitative estimate of drug-likeness (QED) is 0.340. The maximum atomic E-state index is 13.4. The first kappa shape index (κ1) is 23.5. The van der Waals surface area contributed by atoms with Crippen LogP contribution in [0.2, 0.25) is 0 Å². The lowest BCUT2D eigenvalue weighted by atomic mass is 9.79. The van der Waals surface area contributed by atoms with Crippen LogP contribution in [0, 0.1) is 16.7 Å². The number of rotatable bonds is 6. The van der Waals surface area contributed by atoms with Crippen LogP contribution in [0.4, 0.5) is 5.69 Å². The van der Waals surface area contributed by atoms with Crippen LogP contribution in [-0.4, -0.2) is 21.6 Å². The number of aromatic amines is 1. The fourth-order valence-electron chi connectivity index (χ4n) is 4.84. The fraction of sp³-hybridized carbons (Fsp3) is 0.267. The molecule has 1 amide bonds. The number of aromatic nitrogens is 2.